The summed E-state index contributed by atoms with van der Waals surface area (Å²) in [6, 6.07) is 25.7. The van der Waals surface area contributed by atoms with Gasteiger partial charge in [-0.3, -0.25) is 4.79 Å². The van der Waals surface area contributed by atoms with Gasteiger partial charge >= 0.3 is 0 Å². The zero-order valence-electron chi connectivity index (χ0n) is 18.8. The first-order valence-corrected chi connectivity index (χ1v) is 12.4. The lowest BCUT2D eigenvalue weighted by Gasteiger charge is -2.11. The summed E-state index contributed by atoms with van der Waals surface area (Å²) in [5.74, 6) is -0.331. The first-order chi connectivity index (χ1) is 16.4. The monoisotopic (exact) mass is 474 g/mol. The van der Waals surface area contributed by atoms with Crippen LogP contribution in [0.15, 0.2) is 96.0 Å². The molecule has 0 aliphatic carbocycles. The van der Waals surface area contributed by atoms with Gasteiger partial charge in [-0.05, 0) is 48.4 Å². The Bertz CT molecular complexity index is 1370. The molecule has 4 aromatic rings. The SMILES string of the molecule is Cc1ccc(C(=O)NCCc2ccn(-c3ccccc3)n2)cc1S(=O)(=O)NCc1ccccc1. The summed E-state index contributed by atoms with van der Waals surface area (Å²) in [5.41, 5.74) is 3.53. The number of nitrogens with one attached hydrogen (secondary N) is 2. The van der Waals surface area contributed by atoms with E-state index in [9.17, 15) is 13.2 Å². The first kappa shape index (κ1) is 23.4. The Balaban J connectivity index is 1.37. The van der Waals surface area contributed by atoms with Crippen LogP contribution in [0, 0.1) is 6.92 Å². The Morgan fingerprint density at radius 2 is 1.65 bits per heavy atom. The van der Waals surface area contributed by atoms with Gasteiger partial charge in [0.25, 0.3) is 5.91 Å². The van der Waals surface area contributed by atoms with E-state index in [1.165, 1.54) is 6.07 Å². The van der Waals surface area contributed by atoms with Crippen molar-refractivity contribution in [2.45, 2.75) is 24.8 Å². The zero-order valence-corrected chi connectivity index (χ0v) is 19.6. The average Bonchev–Trinajstić information content (AvgIpc) is 3.33. The largest absolute Gasteiger partial charge is 0.352 e. The maximum Gasteiger partial charge on any atom is 0.251 e. The minimum absolute atomic E-state index is 0.0951. The van der Waals surface area contributed by atoms with Crippen LogP contribution in [0.4, 0.5) is 0 Å². The second-order valence-electron chi connectivity index (χ2n) is 7.88. The van der Waals surface area contributed by atoms with Gasteiger partial charge in [0.2, 0.25) is 10.0 Å². The molecule has 0 unspecified atom stereocenters. The fourth-order valence-corrected chi connectivity index (χ4v) is 4.79. The molecule has 0 fully saturated rings. The van der Waals surface area contributed by atoms with E-state index in [1.807, 2.05) is 72.9 Å². The number of amides is 1. The molecule has 34 heavy (non-hydrogen) atoms. The van der Waals surface area contributed by atoms with E-state index < -0.39 is 10.0 Å². The Morgan fingerprint density at radius 1 is 0.941 bits per heavy atom. The molecule has 0 bridgehead atoms. The van der Waals surface area contributed by atoms with E-state index in [-0.39, 0.29) is 17.3 Å². The number of carbonyl (C=O) groups excluding carboxylic acids is 1. The van der Waals surface area contributed by atoms with Crippen molar-refractivity contribution in [1.82, 2.24) is 19.8 Å². The van der Waals surface area contributed by atoms with Crippen LogP contribution in [-0.2, 0) is 23.0 Å². The van der Waals surface area contributed by atoms with Crippen LogP contribution in [0.2, 0.25) is 0 Å². The number of rotatable bonds is 9. The van der Waals surface area contributed by atoms with E-state index in [1.54, 1.807) is 23.7 Å². The molecular formula is C26H26N4O3S. The maximum atomic E-state index is 12.9. The number of aromatic nitrogens is 2. The van der Waals surface area contributed by atoms with E-state index in [0.717, 1.165) is 16.9 Å². The van der Waals surface area contributed by atoms with Crippen molar-refractivity contribution >= 4 is 15.9 Å². The zero-order chi connectivity index (χ0) is 24.0. The summed E-state index contributed by atoms with van der Waals surface area (Å²) in [4.78, 5) is 12.8. The Labute approximate surface area is 199 Å². The third kappa shape index (κ3) is 5.78. The van der Waals surface area contributed by atoms with Gasteiger partial charge in [-0.15, -0.1) is 0 Å². The summed E-state index contributed by atoms with van der Waals surface area (Å²) in [7, 11) is -3.78. The Kier molecular flexibility index (Phi) is 7.20. The van der Waals surface area contributed by atoms with Crippen molar-refractivity contribution in [3.05, 3.63) is 114 Å². The molecule has 0 aliphatic rings. The molecule has 7 nitrogen and oxygen atoms in total. The quantitative estimate of drug-likeness (QED) is 0.387. The fraction of sp³-hybridized carbons (Fsp3) is 0.154. The number of hydrogen-bond acceptors (Lipinski definition) is 4. The number of nitrogens with zero attached hydrogens (tertiary/aromatic N) is 2. The summed E-state index contributed by atoms with van der Waals surface area (Å²) < 4.78 is 30.1. The summed E-state index contributed by atoms with van der Waals surface area (Å²) in [5, 5.41) is 7.38. The number of sulfonamides is 1. The smallest absolute Gasteiger partial charge is 0.251 e. The first-order valence-electron chi connectivity index (χ1n) is 10.9. The highest BCUT2D eigenvalue weighted by atomic mass is 32.2. The lowest BCUT2D eigenvalue weighted by Crippen LogP contribution is -2.27. The molecule has 174 valence electrons. The van der Waals surface area contributed by atoms with E-state index >= 15 is 0 Å². The highest BCUT2D eigenvalue weighted by Gasteiger charge is 2.19. The van der Waals surface area contributed by atoms with Gasteiger partial charge in [0.1, 0.15) is 0 Å². The average molecular weight is 475 g/mol. The van der Waals surface area contributed by atoms with Crippen LogP contribution in [0.1, 0.15) is 27.2 Å². The summed E-state index contributed by atoms with van der Waals surface area (Å²) in [6.45, 7) is 2.27. The van der Waals surface area contributed by atoms with Crippen LogP contribution in [0.3, 0.4) is 0 Å². The molecule has 0 saturated heterocycles. The van der Waals surface area contributed by atoms with Gasteiger partial charge in [-0.1, -0.05) is 54.6 Å². The second kappa shape index (κ2) is 10.5. The van der Waals surface area contributed by atoms with Crippen LogP contribution >= 0.6 is 0 Å². The molecule has 0 saturated carbocycles. The van der Waals surface area contributed by atoms with Crippen molar-refractivity contribution in [3.63, 3.8) is 0 Å². The van der Waals surface area contributed by atoms with Gasteiger partial charge in [-0.25, -0.2) is 17.8 Å². The molecule has 2 N–H and O–H groups in total. The molecule has 3 aromatic carbocycles. The molecule has 0 spiro atoms. The molecule has 1 heterocycles. The normalized spacial score (nSPS) is 11.3. The second-order valence-corrected chi connectivity index (χ2v) is 9.62. The lowest BCUT2D eigenvalue weighted by molar-refractivity contribution is 0.0954. The number of carbonyl (C=O) groups is 1. The van der Waals surface area contributed by atoms with Gasteiger partial charge in [0.05, 0.1) is 16.3 Å². The number of aryl methyl sites for hydroxylation is 1. The molecule has 0 aliphatic heterocycles. The standard InChI is InChI=1S/C26H26N4O3S/c1-20-12-13-22(18-25(20)34(32,33)28-19-21-8-4-2-5-9-21)26(31)27-16-14-23-15-17-30(29-23)24-10-6-3-7-11-24/h2-13,15,17-18,28H,14,16,19H2,1H3,(H,27,31). The van der Waals surface area contributed by atoms with Gasteiger partial charge in [0, 0.05) is 31.3 Å². The van der Waals surface area contributed by atoms with Gasteiger partial charge < -0.3 is 5.32 Å². The van der Waals surface area contributed by atoms with Gasteiger partial charge in [-0.2, -0.15) is 5.10 Å². The van der Waals surface area contributed by atoms with E-state index in [0.29, 0.717) is 24.1 Å². The van der Waals surface area contributed by atoms with Crippen LogP contribution in [0.5, 0.6) is 0 Å². The van der Waals surface area contributed by atoms with E-state index in [2.05, 4.69) is 15.1 Å². The highest BCUT2D eigenvalue weighted by molar-refractivity contribution is 7.89. The third-order valence-corrected chi connectivity index (χ3v) is 6.92. The van der Waals surface area contributed by atoms with Crippen LogP contribution in [-0.4, -0.2) is 30.7 Å². The molecular weight excluding hydrogens is 448 g/mol. The number of hydrogen-bond donors (Lipinski definition) is 2. The van der Waals surface area contributed by atoms with E-state index in [4.69, 9.17) is 0 Å². The predicted molar refractivity (Wildman–Crippen MR) is 131 cm³/mol. The summed E-state index contributed by atoms with van der Waals surface area (Å²) >= 11 is 0. The Morgan fingerprint density at radius 3 is 2.38 bits per heavy atom. The molecule has 0 atom stereocenters. The molecule has 1 amide bonds. The third-order valence-electron chi connectivity index (χ3n) is 5.38. The Hall–Kier alpha value is -3.75. The number of para-hydroxylation sites is 1. The highest BCUT2D eigenvalue weighted by Crippen LogP contribution is 2.18. The van der Waals surface area contributed by atoms with Crippen molar-refractivity contribution in [1.29, 1.82) is 0 Å². The van der Waals surface area contributed by atoms with Crippen molar-refractivity contribution in [3.8, 4) is 5.69 Å². The molecule has 4 rings (SSSR count). The lowest BCUT2D eigenvalue weighted by atomic mass is 10.1. The molecule has 0 radical (unpaired) electrons. The fourth-order valence-electron chi connectivity index (χ4n) is 3.51. The number of benzene rings is 3. The van der Waals surface area contributed by atoms with Crippen molar-refractivity contribution in [2.75, 3.05) is 6.54 Å². The molecule has 1 aromatic heterocycles. The van der Waals surface area contributed by atoms with Crippen LogP contribution < -0.4 is 10.0 Å². The van der Waals surface area contributed by atoms with Crippen molar-refractivity contribution in [2.24, 2.45) is 0 Å². The summed E-state index contributed by atoms with van der Waals surface area (Å²) in [6.07, 6.45) is 2.44. The minimum atomic E-state index is -3.78. The van der Waals surface area contributed by atoms with Gasteiger partial charge in [0.15, 0.2) is 0 Å². The van der Waals surface area contributed by atoms with Crippen molar-refractivity contribution < 1.29 is 13.2 Å². The maximum absolute atomic E-state index is 12.9. The predicted octanol–water partition coefficient (Wildman–Crippen LogP) is 3.63. The minimum Gasteiger partial charge on any atom is -0.352 e. The van der Waals surface area contributed by atoms with Crippen LogP contribution in [0.25, 0.3) is 5.69 Å². The topological polar surface area (TPSA) is 93.1 Å². The molecule has 8 heteroatoms.